The molecule has 0 radical (unpaired) electrons. The Hall–Kier alpha value is -1.18. The molecule has 2 aromatic rings. The lowest BCUT2D eigenvalue weighted by atomic mass is 10.2. The predicted octanol–water partition coefficient (Wildman–Crippen LogP) is 1.79. The van der Waals surface area contributed by atoms with Crippen molar-refractivity contribution in [3.05, 3.63) is 30.1 Å². The number of nitrogens with two attached hydrogens (primary N) is 1. The Morgan fingerprint density at radius 3 is 2.83 bits per heavy atom. The van der Waals surface area contributed by atoms with Crippen LogP contribution in [-0.4, -0.2) is 35.8 Å². The molecule has 0 amide bonds. The zero-order valence-corrected chi connectivity index (χ0v) is 11.9. The standard InChI is InChI=1S/C11H15N5S2/c1-16(2)10-14-15-11(18-10)17-9(6-12)8-4-3-5-13-7-8/h3-5,7,9H,6,12H2,1-2H3. The molecule has 18 heavy (non-hydrogen) atoms. The zero-order valence-electron chi connectivity index (χ0n) is 10.3. The van der Waals surface area contributed by atoms with Gasteiger partial charge >= 0.3 is 0 Å². The minimum atomic E-state index is 0.168. The first-order valence-electron chi connectivity index (χ1n) is 5.48. The summed E-state index contributed by atoms with van der Waals surface area (Å²) in [5.74, 6) is 0. The Kier molecular flexibility index (Phi) is 4.51. The maximum Gasteiger partial charge on any atom is 0.208 e. The molecule has 0 aliphatic carbocycles. The van der Waals surface area contributed by atoms with Crippen LogP contribution in [0.2, 0.25) is 0 Å². The molecule has 0 bridgehead atoms. The van der Waals surface area contributed by atoms with Crippen LogP contribution in [0.15, 0.2) is 28.9 Å². The molecular formula is C11H15N5S2. The summed E-state index contributed by atoms with van der Waals surface area (Å²) in [5.41, 5.74) is 6.93. The highest BCUT2D eigenvalue weighted by atomic mass is 32.2. The molecule has 96 valence electrons. The van der Waals surface area contributed by atoms with Crippen molar-refractivity contribution in [2.24, 2.45) is 5.73 Å². The molecule has 0 saturated heterocycles. The summed E-state index contributed by atoms with van der Waals surface area (Å²) in [6.07, 6.45) is 3.61. The van der Waals surface area contributed by atoms with E-state index in [-0.39, 0.29) is 5.25 Å². The van der Waals surface area contributed by atoms with Gasteiger partial charge in [0.25, 0.3) is 0 Å². The molecule has 0 aliphatic heterocycles. The van der Waals surface area contributed by atoms with E-state index < -0.39 is 0 Å². The van der Waals surface area contributed by atoms with Crippen LogP contribution in [0.5, 0.6) is 0 Å². The zero-order chi connectivity index (χ0) is 13.0. The highest BCUT2D eigenvalue weighted by Crippen LogP contribution is 2.37. The summed E-state index contributed by atoms with van der Waals surface area (Å²) in [5, 5.41) is 9.35. The second-order valence-electron chi connectivity index (χ2n) is 3.87. The third-order valence-corrected chi connectivity index (χ3v) is 4.75. The quantitative estimate of drug-likeness (QED) is 0.843. The lowest BCUT2D eigenvalue weighted by Crippen LogP contribution is -2.09. The van der Waals surface area contributed by atoms with E-state index >= 15 is 0 Å². The SMILES string of the molecule is CN(C)c1nnc(SC(CN)c2cccnc2)s1. The van der Waals surface area contributed by atoms with E-state index in [1.165, 1.54) is 0 Å². The smallest absolute Gasteiger partial charge is 0.208 e. The summed E-state index contributed by atoms with van der Waals surface area (Å²) in [6.45, 7) is 0.549. The van der Waals surface area contributed by atoms with E-state index in [0.717, 1.165) is 15.0 Å². The molecule has 0 aromatic carbocycles. The molecule has 2 aromatic heterocycles. The molecular weight excluding hydrogens is 266 g/mol. The number of aromatic nitrogens is 3. The number of rotatable bonds is 5. The summed E-state index contributed by atoms with van der Waals surface area (Å²) in [7, 11) is 3.91. The second kappa shape index (κ2) is 6.12. The van der Waals surface area contributed by atoms with Gasteiger partial charge in [0.05, 0.1) is 5.25 Å². The number of anilines is 1. The lowest BCUT2D eigenvalue weighted by molar-refractivity contribution is 0.920. The molecule has 1 unspecified atom stereocenters. The Morgan fingerprint density at radius 1 is 1.44 bits per heavy atom. The van der Waals surface area contributed by atoms with Gasteiger partial charge in [-0.1, -0.05) is 29.2 Å². The van der Waals surface area contributed by atoms with Crippen LogP contribution in [0, 0.1) is 0 Å². The fourth-order valence-corrected chi connectivity index (χ4v) is 3.34. The Balaban J connectivity index is 2.10. The van der Waals surface area contributed by atoms with E-state index in [4.69, 9.17) is 5.73 Å². The average molecular weight is 281 g/mol. The second-order valence-corrected chi connectivity index (χ2v) is 6.28. The molecule has 5 nitrogen and oxygen atoms in total. The van der Waals surface area contributed by atoms with E-state index in [9.17, 15) is 0 Å². The van der Waals surface area contributed by atoms with Gasteiger partial charge in [-0.2, -0.15) is 0 Å². The summed E-state index contributed by atoms with van der Waals surface area (Å²) in [6, 6.07) is 3.95. The van der Waals surface area contributed by atoms with Crippen molar-refractivity contribution in [2.75, 3.05) is 25.5 Å². The van der Waals surface area contributed by atoms with E-state index in [1.54, 1.807) is 29.3 Å². The molecule has 0 fully saturated rings. The maximum absolute atomic E-state index is 5.82. The fourth-order valence-electron chi connectivity index (χ4n) is 1.37. The third kappa shape index (κ3) is 3.18. The van der Waals surface area contributed by atoms with Crippen molar-refractivity contribution in [1.82, 2.24) is 15.2 Å². The third-order valence-electron chi connectivity index (χ3n) is 2.29. The molecule has 0 spiro atoms. The van der Waals surface area contributed by atoms with Crippen molar-refractivity contribution in [2.45, 2.75) is 9.59 Å². The van der Waals surface area contributed by atoms with Gasteiger partial charge in [0.15, 0.2) is 4.34 Å². The van der Waals surface area contributed by atoms with Gasteiger partial charge in [-0.25, -0.2) is 0 Å². The van der Waals surface area contributed by atoms with Gasteiger partial charge < -0.3 is 10.6 Å². The average Bonchev–Trinajstić information content (AvgIpc) is 2.86. The van der Waals surface area contributed by atoms with E-state index in [2.05, 4.69) is 15.2 Å². The monoisotopic (exact) mass is 281 g/mol. The topological polar surface area (TPSA) is 67.9 Å². The molecule has 2 N–H and O–H groups in total. The summed E-state index contributed by atoms with van der Waals surface area (Å²) < 4.78 is 0.929. The van der Waals surface area contributed by atoms with Crippen LogP contribution < -0.4 is 10.6 Å². The van der Waals surface area contributed by atoms with Crippen molar-refractivity contribution >= 4 is 28.2 Å². The van der Waals surface area contributed by atoms with Crippen LogP contribution in [-0.2, 0) is 0 Å². The van der Waals surface area contributed by atoms with Crippen molar-refractivity contribution in [1.29, 1.82) is 0 Å². The predicted molar refractivity (Wildman–Crippen MR) is 76.1 cm³/mol. The first-order chi connectivity index (χ1) is 8.70. The minimum Gasteiger partial charge on any atom is -0.353 e. The van der Waals surface area contributed by atoms with Crippen LogP contribution in [0.25, 0.3) is 0 Å². The van der Waals surface area contributed by atoms with Gasteiger partial charge in [-0.15, -0.1) is 10.2 Å². The van der Waals surface area contributed by atoms with Gasteiger partial charge in [0.1, 0.15) is 0 Å². The van der Waals surface area contributed by atoms with Gasteiger partial charge in [-0.3, -0.25) is 4.98 Å². The Labute approximate surface area is 114 Å². The minimum absolute atomic E-state index is 0.168. The molecule has 2 rings (SSSR count). The number of thioether (sulfide) groups is 1. The number of nitrogens with zero attached hydrogens (tertiary/aromatic N) is 4. The first-order valence-corrected chi connectivity index (χ1v) is 7.18. The fraction of sp³-hybridized carbons (Fsp3) is 0.364. The largest absolute Gasteiger partial charge is 0.353 e. The Bertz CT molecular complexity index is 485. The number of hydrogen-bond donors (Lipinski definition) is 1. The van der Waals surface area contributed by atoms with E-state index in [0.29, 0.717) is 6.54 Å². The highest BCUT2D eigenvalue weighted by molar-refractivity contribution is 8.01. The van der Waals surface area contributed by atoms with Crippen molar-refractivity contribution in [3.63, 3.8) is 0 Å². The van der Waals surface area contributed by atoms with E-state index in [1.807, 2.05) is 37.3 Å². The van der Waals surface area contributed by atoms with Crippen LogP contribution in [0.1, 0.15) is 10.8 Å². The van der Waals surface area contributed by atoms with Crippen molar-refractivity contribution < 1.29 is 0 Å². The molecule has 2 heterocycles. The normalized spacial score (nSPS) is 12.4. The first kappa shape index (κ1) is 13.3. The molecule has 0 saturated carbocycles. The van der Waals surface area contributed by atoms with Crippen LogP contribution in [0.4, 0.5) is 5.13 Å². The lowest BCUT2D eigenvalue weighted by Gasteiger charge is -2.11. The van der Waals surface area contributed by atoms with Gasteiger partial charge in [0, 0.05) is 33.0 Å². The highest BCUT2D eigenvalue weighted by Gasteiger charge is 2.15. The van der Waals surface area contributed by atoms with Gasteiger partial charge in [0.2, 0.25) is 5.13 Å². The van der Waals surface area contributed by atoms with Crippen LogP contribution >= 0.6 is 23.1 Å². The number of hydrogen-bond acceptors (Lipinski definition) is 7. The maximum atomic E-state index is 5.82. The van der Waals surface area contributed by atoms with Crippen LogP contribution in [0.3, 0.4) is 0 Å². The van der Waals surface area contributed by atoms with Gasteiger partial charge in [-0.05, 0) is 11.6 Å². The van der Waals surface area contributed by atoms with Crippen molar-refractivity contribution in [3.8, 4) is 0 Å². The molecule has 7 heteroatoms. The summed E-state index contributed by atoms with van der Waals surface area (Å²) >= 11 is 3.20. The Morgan fingerprint density at radius 2 is 2.28 bits per heavy atom. The molecule has 0 aliphatic rings. The summed E-state index contributed by atoms with van der Waals surface area (Å²) in [4.78, 5) is 6.07. The molecule has 1 atom stereocenters. The number of pyridine rings is 1.